The van der Waals surface area contributed by atoms with Crippen LogP contribution >= 0.6 is 0 Å². The number of carbonyl (C=O) groups is 6. The summed E-state index contributed by atoms with van der Waals surface area (Å²) in [5.74, 6) is -3.71. The summed E-state index contributed by atoms with van der Waals surface area (Å²) in [5.41, 5.74) is 0. The third-order valence-electron chi connectivity index (χ3n) is 4.24. The van der Waals surface area contributed by atoms with E-state index in [9.17, 15) is 33.9 Å². The Morgan fingerprint density at radius 2 is 1.07 bits per heavy atom. The summed E-state index contributed by atoms with van der Waals surface area (Å²) in [4.78, 5) is 71.9. The van der Waals surface area contributed by atoms with E-state index >= 15 is 0 Å². The van der Waals surface area contributed by atoms with Crippen LogP contribution in [0.4, 0.5) is 0 Å². The molecule has 0 aliphatic carbocycles. The Bertz CT molecular complexity index is 688. The Kier molecular flexibility index (Phi) is 6.41. The van der Waals surface area contributed by atoms with Crippen LogP contribution in [0.25, 0.3) is 0 Å². The monoisotopic (exact) mass is 392 g/mol. The highest BCUT2D eigenvalue weighted by atomic mass is 16.3. The Morgan fingerprint density at radius 1 is 0.786 bits per heavy atom. The van der Waals surface area contributed by atoms with Crippen LogP contribution < -0.4 is 10.6 Å². The zero-order chi connectivity index (χ0) is 21.0. The molecule has 0 saturated carbocycles. The number of nitrogens with one attached hydrogen (secondary N) is 2. The second-order valence-electron chi connectivity index (χ2n) is 6.26. The minimum absolute atomic E-state index is 0.245. The average molecular weight is 392 g/mol. The van der Waals surface area contributed by atoms with Gasteiger partial charge in [0.15, 0.2) is 0 Å². The molecule has 0 fully saturated rings. The van der Waals surface area contributed by atoms with Crippen LogP contribution in [0.15, 0.2) is 24.3 Å². The summed E-state index contributed by atoms with van der Waals surface area (Å²) in [5, 5.41) is 14.7. The van der Waals surface area contributed by atoms with E-state index in [0.29, 0.717) is 0 Å². The summed E-state index contributed by atoms with van der Waals surface area (Å²) in [7, 11) is 0. The van der Waals surface area contributed by atoms with Crippen molar-refractivity contribution in [3.05, 3.63) is 24.3 Å². The molecule has 0 aromatic carbocycles. The quantitative estimate of drug-likeness (QED) is 0.377. The smallest absolute Gasteiger partial charge is 0.254 e. The van der Waals surface area contributed by atoms with E-state index in [1.54, 1.807) is 0 Å². The maximum Gasteiger partial charge on any atom is 0.254 e. The number of imide groups is 2. The molecule has 2 aliphatic heterocycles. The summed E-state index contributed by atoms with van der Waals surface area (Å²) < 4.78 is 0. The molecule has 11 heteroatoms. The molecule has 0 saturated heterocycles. The molecule has 2 aliphatic rings. The minimum atomic E-state index is -1.17. The van der Waals surface area contributed by atoms with Gasteiger partial charge in [-0.2, -0.15) is 0 Å². The zero-order valence-corrected chi connectivity index (χ0v) is 15.2. The number of hydrogen-bond acceptors (Lipinski definition) is 7. The lowest BCUT2D eigenvalue weighted by Gasteiger charge is -2.23. The van der Waals surface area contributed by atoms with Gasteiger partial charge < -0.3 is 15.7 Å². The predicted octanol–water partition coefficient (Wildman–Crippen LogP) is -2.79. The molecule has 0 aromatic rings. The van der Waals surface area contributed by atoms with Crippen LogP contribution in [-0.4, -0.2) is 81.6 Å². The van der Waals surface area contributed by atoms with Gasteiger partial charge in [0.1, 0.15) is 12.1 Å². The summed E-state index contributed by atoms with van der Waals surface area (Å²) in [6.07, 6.45) is 3.07. The van der Waals surface area contributed by atoms with Crippen molar-refractivity contribution in [2.75, 3.05) is 13.1 Å². The highest BCUT2D eigenvalue weighted by molar-refractivity contribution is 6.15. The zero-order valence-electron chi connectivity index (χ0n) is 15.2. The Morgan fingerprint density at radius 3 is 1.36 bits per heavy atom. The second-order valence-corrected chi connectivity index (χ2v) is 6.26. The molecule has 11 nitrogen and oxygen atoms in total. The lowest BCUT2D eigenvalue weighted by atomic mass is 10.2. The van der Waals surface area contributed by atoms with E-state index in [0.717, 1.165) is 34.1 Å². The van der Waals surface area contributed by atoms with Gasteiger partial charge in [0.2, 0.25) is 11.8 Å². The van der Waals surface area contributed by atoms with Gasteiger partial charge in [-0.05, 0) is 13.8 Å². The minimum Gasteiger partial charge on any atom is -0.389 e. The standard InChI is InChI=1S/C17H20N4O7/c1-9(20-12(23)3-4-13(20)24)16(27)18-7-11(22)8-19-17(28)10(2)21-14(25)5-6-15(21)26/h3-6,9-11,22H,7-8H2,1-2H3,(H,18,27)(H,19,28). The van der Waals surface area contributed by atoms with Gasteiger partial charge in [-0.3, -0.25) is 38.6 Å². The number of hydrogen-bond donors (Lipinski definition) is 3. The largest absolute Gasteiger partial charge is 0.389 e. The number of amides is 6. The number of rotatable bonds is 8. The lowest BCUT2D eigenvalue weighted by Crippen LogP contribution is -2.51. The molecule has 0 bridgehead atoms. The Labute approximate surface area is 160 Å². The molecular formula is C17H20N4O7. The molecular weight excluding hydrogens is 372 g/mol. The van der Waals surface area contributed by atoms with E-state index in [2.05, 4.69) is 10.6 Å². The van der Waals surface area contributed by atoms with Crippen molar-refractivity contribution in [1.82, 2.24) is 20.4 Å². The maximum atomic E-state index is 12.0. The van der Waals surface area contributed by atoms with Crippen LogP contribution in [-0.2, 0) is 28.8 Å². The molecule has 28 heavy (non-hydrogen) atoms. The molecule has 2 unspecified atom stereocenters. The van der Waals surface area contributed by atoms with Crippen LogP contribution in [0.1, 0.15) is 13.8 Å². The summed E-state index contributed by atoms with van der Waals surface area (Å²) in [6, 6.07) is -2.12. The van der Waals surface area contributed by atoms with Crippen LogP contribution in [0.5, 0.6) is 0 Å². The van der Waals surface area contributed by atoms with E-state index < -0.39 is 53.6 Å². The van der Waals surface area contributed by atoms with Crippen LogP contribution in [0.3, 0.4) is 0 Å². The van der Waals surface area contributed by atoms with Crippen molar-refractivity contribution >= 4 is 35.4 Å². The van der Waals surface area contributed by atoms with Crippen LogP contribution in [0, 0.1) is 0 Å². The van der Waals surface area contributed by atoms with Crippen molar-refractivity contribution in [2.24, 2.45) is 0 Å². The SMILES string of the molecule is CC(C(=O)NCC(O)CNC(=O)C(C)N1C(=O)C=CC1=O)N1C(=O)C=CC1=O. The Hall–Kier alpha value is -3.34. The number of carbonyl (C=O) groups excluding carboxylic acids is 6. The first-order valence-corrected chi connectivity index (χ1v) is 8.47. The normalized spacial score (nSPS) is 19.2. The van der Waals surface area contributed by atoms with Crippen molar-refractivity contribution < 1.29 is 33.9 Å². The molecule has 150 valence electrons. The fraction of sp³-hybridized carbons (Fsp3) is 0.412. The molecule has 0 spiro atoms. The maximum absolute atomic E-state index is 12.0. The number of aliphatic hydroxyl groups excluding tert-OH is 1. The molecule has 6 amide bonds. The number of aliphatic hydroxyl groups is 1. The molecule has 2 atom stereocenters. The fourth-order valence-electron chi connectivity index (χ4n) is 2.63. The molecule has 0 aromatic heterocycles. The predicted molar refractivity (Wildman–Crippen MR) is 92.9 cm³/mol. The van der Waals surface area contributed by atoms with E-state index in [4.69, 9.17) is 0 Å². The first kappa shape index (κ1) is 21.0. The van der Waals surface area contributed by atoms with Crippen molar-refractivity contribution in [2.45, 2.75) is 32.0 Å². The fourth-order valence-corrected chi connectivity index (χ4v) is 2.63. The van der Waals surface area contributed by atoms with Crippen molar-refractivity contribution in [3.8, 4) is 0 Å². The van der Waals surface area contributed by atoms with Crippen LogP contribution in [0.2, 0.25) is 0 Å². The van der Waals surface area contributed by atoms with E-state index in [1.165, 1.54) is 13.8 Å². The van der Waals surface area contributed by atoms with Gasteiger partial charge in [-0.25, -0.2) is 0 Å². The average Bonchev–Trinajstić information content (AvgIpc) is 3.17. The lowest BCUT2D eigenvalue weighted by molar-refractivity contribution is -0.145. The van der Waals surface area contributed by atoms with Gasteiger partial charge in [-0.1, -0.05) is 0 Å². The molecule has 3 N–H and O–H groups in total. The van der Waals surface area contributed by atoms with Crippen molar-refractivity contribution in [3.63, 3.8) is 0 Å². The molecule has 2 rings (SSSR count). The summed E-state index contributed by atoms with van der Waals surface area (Å²) >= 11 is 0. The van der Waals surface area contributed by atoms with Gasteiger partial charge in [0.25, 0.3) is 23.6 Å². The third-order valence-corrected chi connectivity index (χ3v) is 4.24. The van der Waals surface area contributed by atoms with Gasteiger partial charge in [0, 0.05) is 37.4 Å². The topological polar surface area (TPSA) is 153 Å². The highest BCUT2D eigenvalue weighted by Crippen LogP contribution is 2.10. The van der Waals surface area contributed by atoms with Gasteiger partial charge >= 0.3 is 0 Å². The highest BCUT2D eigenvalue weighted by Gasteiger charge is 2.34. The first-order chi connectivity index (χ1) is 13.1. The second kappa shape index (κ2) is 8.57. The van der Waals surface area contributed by atoms with Gasteiger partial charge in [0.05, 0.1) is 6.10 Å². The van der Waals surface area contributed by atoms with Crippen molar-refractivity contribution in [1.29, 1.82) is 0 Å². The van der Waals surface area contributed by atoms with E-state index in [-0.39, 0.29) is 13.1 Å². The Balaban J connectivity index is 1.75. The first-order valence-electron chi connectivity index (χ1n) is 8.47. The number of nitrogens with zero attached hydrogens (tertiary/aromatic N) is 2. The molecule has 2 heterocycles. The molecule has 0 radical (unpaired) electrons. The van der Waals surface area contributed by atoms with E-state index in [1.807, 2.05) is 0 Å². The third kappa shape index (κ3) is 4.49. The van der Waals surface area contributed by atoms with Gasteiger partial charge in [-0.15, -0.1) is 0 Å². The summed E-state index contributed by atoms with van der Waals surface area (Å²) in [6.45, 7) is 2.24.